The standard InChI is InChI=1S/C7H14O2/c1-7(3-4-8-2)5-9-6-7/h3-6H2,1-2H3. The molecule has 1 heterocycles. The molecule has 9 heavy (non-hydrogen) atoms. The third-order valence-corrected chi connectivity index (χ3v) is 1.81. The third-order valence-electron chi connectivity index (χ3n) is 1.81. The normalized spacial score (nSPS) is 23.3. The van der Waals surface area contributed by atoms with Crippen molar-refractivity contribution in [2.24, 2.45) is 5.41 Å². The van der Waals surface area contributed by atoms with Crippen molar-refractivity contribution in [3.05, 3.63) is 0 Å². The Kier molecular flexibility index (Phi) is 2.09. The van der Waals surface area contributed by atoms with Crippen molar-refractivity contribution in [3.63, 3.8) is 0 Å². The van der Waals surface area contributed by atoms with Crippen molar-refractivity contribution in [2.45, 2.75) is 13.3 Å². The summed E-state index contributed by atoms with van der Waals surface area (Å²) in [4.78, 5) is 0. The quantitative estimate of drug-likeness (QED) is 0.568. The van der Waals surface area contributed by atoms with Crippen molar-refractivity contribution < 1.29 is 9.47 Å². The lowest BCUT2D eigenvalue weighted by molar-refractivity contribution is -0.112. The van der Waals surface area contributed by atoms with E-state index in [1.165, 1.54) is 0 Å². The van der Waals surface area contributed by atoms with Crippen LogP contribution >= 0.6 is 0 Å². The van der Waals surface area contributed by atoms with Gasteiger partial charge >= 0.3 is 0 Å². The Morgan fingerprint density at radius 3 is 2.56 bits per heavy atom. The van der Waals surface area contributed by atoms with Crippen molar-refractivity contribution in [2.75, 3.05) is 26.9 Å². The highest BCUT2D eigenvalue weighted by Gasteiger charge is 2.32. The highest BCUT2D eigenvalue weighted by Crippen LogP contribution is 2.29. The maximum atomic E-state index is 5.08. The summed E-state index contributed by atoms with van der Waals surface area (Å²) in [5.41, 5.74) is 0.427. The summed E-state index contributed by atoms with van der Waals surface area (Å²) in [5, 5.41) is 0. The van der Waals surface area contributed by atoms with E-state index >= 15 is 0 Å². The second-order valence-electron chi connectivity index (χ2n) is 3.05. The number of hydrogen-bond donors (Lipinski definition) is 0. The Morgan fingerprint density at radius 1 is 1.56 bits per heavy atom. The van der Waals surface area contributed by atoms with Gasteiger partial charge in [0.2, 0.25) is 0 Å². The van der Waals surface area contributed by atoms with Gasteiger partial charge in [-0.2, -0.15) is 0 Å². The Bertz CT molecular complexity index is 86.9. The van der Waals surface area contributed by atoms with E-state index in [0.717, 1.165) is 26.2 Å². The average Bonchev–Trinajstić information content (AvgIpc) is 1.79. The van der Waals surface area contributed by atoms with Crippen molar-refractivity contribution >= 4 is 0 Å². The van der Waals surface area contributed by atoms with Crippen LogP contribution in [0.15, 0.2) is 0 Å². The average molecular weight is 130 g/mol. The highest BCUT2D eigenvalue weighted by atomic mass is 16.5. The molecule has 0 bridgehead atoms. The molecule has 1 rings (SSSR count). The Hall–Kier alpha value is -0.0800. The molecule has 0 aromatic carbocycles. The van der Waals surface area contributed by atoms with E-state index in [1.807, 2.05) is 0 Å². The predicted molar refractivity (Wildman–Crippen MR) is 35.4 cm³/mol. The second-order valence-corrected chi connectivity index (χ2v) is 3.05. The Morgan fingerprint density at radius 2 is 2.22 bits per heavy atom. The molecule has 0 saturated carbocycles. The van der Waals surface area contributed by atoms with E-state index in [-0.39, 0.29) is 0 Å². The fourth-order valence-corrected chi connectivity index (χ4v) is 0.943. The third kappa shape index (κ3) is 1.66. The first kappa shape index (κ1) is 7.03. The summed E-state index contributed by atoms with van der Waals surface area (Å²) < 4.78 is 10.0. The smallest absolute Gasteiger partial charge is 0.0542 e. The molecule has 0 amide bonds. The van der Waals surface area contributed by atoms with Crippen LogP contribution in [0.3, 0.4) is 0 Å². The minimum Gasteiger partial charge on any atom is -0.385 e. The molecule has 2 heteroatoms. The van der Waals surface area contributed by atoms with Crippen LogP contribution in [-0.4, -0.2) is 26.9 Å². The zero-order valence-corrected chi connectivity index (χ0v) is 6.14. The van der Waals surface area contributed by atoms with Crippen molar-refractivity contribution in [1.29, 1.82) is 0 Å². The molecule has 0 spiro atoms. The maximum absolute atomic E-state index is 5.08. The molecule has 0 atom stereocenters. The van der Waals surface area contributed by atoms with Gasteiger partial charge in [-0.3, -0.25) is 0 Å². The summed E-state index contributed by atoms with van der Waals surface area (Å²) in [7, 11) is 1.74. The topological polar surface area (TPSA) is 18.5 Å². The zero-order chi connectivity index (χ0) is 6.74. The first-order chi connectivity index (χ1) is 4.27. The van der Waals surface area contributed by atoms with E-state index in [9.17, 15) is 0 Å². The van der Waals surface area contributed by atoms with Gasteiger partial charge in [0.25, 0.3) is 0 Å². The van der Waals surface area contributed by atoms with Crippen LogP contribution < -0.4 is 0 Å². The van der Waals surface area contributed by atoms with Crippen LogP contribution in [0.4, 0.5) is 0 Å². The Balaban J connectivity index is 2.09. The first-order valence-electron chi connectivity index (χ1n) is 3.33. The van der Waals surface area contributed by atoms with Crippen LogP contribution in [0.2, 0.25) is 0 Å². The van der Waals surface area contributed by atoms with Crippen LogP contribution in [0.25, 0.3) is 0 Å². The van der Waals surface area contributed by atoms with Gasteiger partial charge < -0.3 is 9.47 Å². The van der Waals surface area contributed by atoms with E-state index in [0.29, 0.717) is 5.41 Å². The summed E-state index contributed by atoms with van der Waals surface area (Å²) in [6, 6.07) is 0. The summed E-state index contributed by atoms with van der Waals surface area (Å²) in [5.74, 6) is 0. The minimum atomic E-state index is 0.427. The number of methoxy groups -OCH3 is 1. The second kappa shape index (κ2) is 2.67. The van der Waals surface area contributed by atoms with Gasteiger partial charge in [0.15, 0.2) is 0 Å². The van der Waals surface area contributed by atoms with Gasteiger partial charge in [-0.05, 0) is 6.42 Å². The molecule has 1 saturated heterocycles. The lowest BCUT2D eigenvalue weighted by Gasteiger charge is -2.37. The molecule has 0 aromatic rings. The van der Waals surface area contributed by atoms with Crippen molar-refractivity contribution in [3.8, 4) is 0 Å². The summed E-state index contributed by atoms with van der Waals surface area (Å²) in [6.07, 6.45) is 1.13. The van der Waals surface area contributed by atoms with E-state index in [2.05, 4.69) is 6.92 Å². The lowest BCUT2D eigenvalue weighted by atomic mass is 9.85. The van der Waals surface area contributed by atoms with Crippen LogP contribution in [0.1, 0.15) is 13.3 Å². The lowest BCUT2D eigenvalue weighted by Crippen LogP contribution is -2.40. The number of hydrogen-bond acceptors (Lipinski definition) is 2. The molecule has 0 aromatic heterocycles. The van der Waals surface area contributed by atoms with Crippen LogP contribution in [0, 0.1) is 5.41 Å². The molecular weight excluding hydrogens is 116 g/mol. The van der Waals surface area contributed by atoms with Gasteiger partial charge in [0.05, 0.1) is 13.2 Å². The fraction of sp³-hybridized carbons (Fsp3) is 1.00. The maximum Gasteiger partial charge on any atom is 0.0542 e. The van der Waals surface area contributed by atoms with Gasteiger partial charge in [0, 0.05) is 19.1 Å². The number of ether oxygens (including phenoxy) is 2. The zero-order valence-electron chi connectivity index (χ0n) is 6.14. The van der Waals surface area contributed by atoms with Gasteiger partial charge in [0.1, 0.15) is 0 Å². The van der Waals surface area contributed by atoms with E-state index < -0.39 is 0 Å². The number of rotatable bonds is 3. The van der Waals surface area contributed by atoms with Gasteiger partial charge in [-0.15, -0.1) is 0 Å². The van der Waals surface area contributed by atoms with Crippen LogP contribution in [0.5, 0.6) is 0 Å². The van der Waals surface area contributed by atoms with E-state index in [4.69, 9.17) is 9.47 Å². The molecule has 1 aliphatic heterocycles. The summed E-state index contributed by atoms with van der Waals surface area (Å²) >= 11 is 0. The molecule has 0 radical (unpaired) electrons. The van der Waals surface area contributed by atoms with Crippen molar-refractivity contribution in [1.82, 2.24) is 0 Å². The Labute approximate surface area is 56.2 Å². The summed E-state index contributed by atoms with van der Waals surface area (Å²) in [6.45, 7) is 4.92. The monoisotopic (exact) mass is 130 g/mol. The predicted octanol–water partition coefficient (Wildman–Crippen LogP) is 1.06. The van der Waals surface area contributed by atoms with E-state index in [1.54, 1.807) is 7.11 Å². The molecule has 0 aliphatic carbocycles. The van der Waals surface area contributed by atoms with Gasteiger partial charge in [-0.1, -0.05) is 6.92 Å². The molecule has 0 N–H and O–H groups in total. The molecule has 2 nitrogen and oxygen atoms in total. The van der Waals surface area contributed by atoms with Crippen LogP contribution in [-0.2, 0) is 9.47 Å². The molecule has 1 fully saturated rings. The largest absolute Gasteiger partial charge is 0.385 e. The highest BCUT2D eigenvalue weighted by molar-refractivity contribution is 4.79. The SMILES string of the molecule is COCCC1(C)COC1. The molecule has 1 aliphatic rings. The first-order valence-corrected chi connectivity index (χ1v) is 3.33. The fourth-order valence-electron chi connectivity index (χ4n) is 0.943. The molecule has 54 valence electrons. The molecule has 0 unspecified atom stereocenters. The van der Waals surface area contributed by atoms with Gasteiger partial charge in [-0.25, -0.2) is 0 Å². The minimum absolute atomic E-state index is 0.427. The molecular formula is C7H14O2.